The SMILES string of the molecule is c1cc2ccc3cc4sc5c(sc6cc7ccc8cccc9ccc(c65)c7c89)c4c4ccc(c1)c2c34. The van der Waals surface area contributed by atoms with E-state index >= 15 is 0 Å². The summed E-state index contributed by atoms with van der Waals surface area (Å²) in [6, 6.07) is 36.7. The first-order chi connectivity index (χ1) is 17.8. The van der Waals surface area contributed by atoms with E-state index in [4.69, 9.17) is 0 Å². The van der Waals surface area contributed by atoms with Crippen LogP contribution in [-0.2, 0) is 0 Å². The number of thiophene rings is 2. The van der Waals surface area contributed by atoms with E-state index in [1.54, 1.807) is 0 Å². The summed E-state index contributed by atoms with van der Waals surface area (Å²) in [6.45, 7) is 0. The normalized spacial score (nSPS) is 13.0. The van der Waals surface area contributed by atoms with E-state index < -0.39 is 0 Å². The van der Waals surface area contributed by atoms with E-state index in [0.717, 1.165) is 0 Å². The van der Waals surface area contributed by atoms with Gasteiger partial charge < -0.3 is 0 Å². The summed E-state index contributed by atoms with van der Waals surface area (Å²) in [5, 5.41) is 19.3. The molecule has 2 heteroatoms. The van der Waals surface area contributed by atoms with Crippen LogP contribution in [0.3, 0.4) is 0 Å². The van der Waals surface area contributed by atoms with Crippen molar-refractivity contribution in [3.8, 4) is 0 Å². The van der Waals surface area contributed by atoms with Gasteiger partial charge in [0.2, 0.25) is 0 Å². The first-order valence-corrected chi connectivity index (χ1v) is 14.0. The standard InChI is InChI=1S/C34H16S2/c1-3-17-7-9-21-15-25-31(23-13-11-19(5-1)27(17)29(21)23)33-34(35-25)32-24-14-12-20-6-2-4-18-8-10-22(16-26(32)36-33)30(24)28(18)20/h1-16H. The molecular weight excluding hydrogens is 473 g/mol. The van der Waals surface area contributed by atoms with Crippen LogP contribution in [0.15, 0.2) is 97.1 Å². The Balaban J connectivity index is 1.47. The van der Waals surface area contributed by atoms with Gasteiger partial charge in [-0.2, -0.15) is 0 Å². The third-order valence-electron chi connectivity index (χ3n) is 8.31. The van der Waals surface area contributed by atoms with Crippen LogP contribution >= 0.6 is 22.7 Å². The van der Waals surface area contributed by atoms with Crippen LogP contribution in [0.4, 0.5) is 0 Å². The van der Waals surface area contributed by atoms with E-state index in [0.29, 0.717) is 0 Å². The molecule has 0 aliphatic rings. The molecule has 10 aromatic rings. The molecule has 0 saturated carbocycles. The second-order valence-electron chi connectivity index (χ2n) is 10.1. The molecule has 36 heavy (non-hydrogen) atoms. The number of hydrogen-bond donors (Lipinski definition) is 0. The van der Waals surface area contributed by atoms with Crippen molar-refractivity contribution in [2.45, 2.75) is 0 Å². The third kappa shape index (κ3) is 2.01. The Morgan fingerprint density at radius 3 is 1.17 bits per heavy atom. The van der Waals surface area contributed by atoms with Crippen molar-refractivity contribution in [2.24, 2.45) is 0 Å². The Bertz CT molecular complexity index is 2310. The molecule has 0 bridgehead atoms. The zero-order valence-corrected chi connectivity index (χ0v) is 20.7. The summed E-state index contributed by atoms with van der Waals surface area (Å²) in [7, 11) is 0. The highest BCUT2D eigenvalue weighted by molar-refractivity contribution is 7.37. The molecule has 0 amide bonds. The van der Waals surface area contributed by atoms with Crippen LogP contribution in [-0.4, -0.2) is 0 Å². The molecule has 2 aromatic heterocycles. The molecular formula is C34H16S2. The van der Waals surface area contributed by atoms with Crippen molar-refractivity contribution in [2.75, 3.05) is 0 Å². The van der Waals surface area contributed by atoms with Gasteiger partial charge in [-0.15, -0.1) is 22.7 Å². The van der Waals surface area contributed by atoms with Crippen LogP contribution in [0.25, 0.3) is 94.2 Å². The molecule has 0 fully saturated rings. The van der Waals surface area contributed by atoms with E-state index in [-0.39, 0.29) is 0 Å². The largest absolute Gasteiger partial charge is 0.134 e. The monoisotopic (exact) mass is 488 g/mol. The van der Waals surface area contributed by atoms with Gasteiger partial charge in [0.15, 0.2) is 0 Å². The summed E-state index contributed by atoms with van der Waals surface area (Å²) >= 11 is 3.95. The maximum atomic E-state index is 2.43. The van der Waals surface area contributed by atoms with E-state index in [1.165, 1.54) is 94.2 Å². The molecule has 0 saturated heterocycles. The van der Waals surface area contributed by atoms with Crippen molar-refractivity contribution in [1.82, 2.24) is 0 Å². The van der Waals surface area contributed by atoms with E-state index in [1.807, 2.05) is 22.7 Å². The highest BCUT2D eigenvalue weighted by Gasteiger charge is 2.20. The molecule has 10 rings (SSSR count). The zero-order chi connectivity index (χ0) is 23.1. The Kier molecular flexibility index (Phi) is 3.07. The van der Waals surface area contributed by atoms with Crippen molar-refractivity contribution in [3.63, 3.8) is 0 Å². The fraction of sp³-hybridized carbons (Fsp3) is 0. The lowest BCUT2D eigenvalue weighted by atomic mass is 9.92. The van der Waals surface area contributed by atoms with Crippen molar-refractivity contribution in [3.05, 3.63) is 97.1 Å². The van der Waals surface area contributed by atoms with Crippen LogP contribution in [0.2, 0.25) is 0 Å². The van der Waals surface area contributed by atoms with Crippen LogP contribution in [0.1, 0.15) is 0 Å². The summed E-state index contributed by atoms with van der Waals surface area (Å²) in [6.07, 6.45) is 0. The van der Waals surface area contributed by atoms with Gasteiger partial charge >= 0.3 is 0 Å². The van der Waals surface area contributed by atoms with Crippen molar-refractivity contribution < 1.29 is 0 Å². The van der Waals surface area contributed by atoms with E-state index in [9.17, 15) is 0 Å². The molecule has 2 heterocycles. The Labute approximate surface area is 213 Å². The van der Waals surface area contributed by atoms with Gasteiger partial charge in [0.1, 0.15) is 0 Å². The number of fused-ring (bicyclic) bond motifs is 7. The van der Waals surface area contributed by atoms with Crippen LogP contribution in [0.5, 0.6) is 0 Å². The number of rotatable bonds is 0. The van der Waals surface area contributed by atoms with Crippen molar-refractivity contribution >= 4 is 117 Å². The summed E-state index contributed by atoms with van der Waals surface area (Å²) in [4.78, 5) is 0. The zero-order valence-electron chi connectivity index (χ0n) is 19.1. The molecule has 0 unspecified atom stereocenters. The molecule has 8 aromatic carbocycles. The lowest BCUT2D eigenvalue weighted by molar-refractivity contribution is 1.82. The molecule has 0 aliphatic carbocycles. The first kappa shape index (κ1) is 18.3. The summed E-state index contributed by atoms with van der Waals surface area (Å²) in [5.41, 5.74) is 0. The van der Waals surface area contributed by atoms with Gasteiger partial charge in [-0.3, -0.25) is 0 Å². The summed E-state index contributed by atoms with van der Waals surface area (Å²) in [5.74, 6) is 0. The minimum absolute atomic E-state index is 1.33. The molecule has 0 nitrogen and oxygen atoms in total. The molecule has 0 aliphatic heterocycles. The molecule has 0 N–H and O–H groups in total. The Morgan fingerprint density at radius 1 is 0.333 bits per heavy atom. The fourth-order valence-electron chi connectivity index (χ4n) is 6.84. The quantitative estimate of drug-likeness (QED) is 0.186. The molecule has 0 spiro atoms. The minimum Gasteiger partial charge on any atom is -0.134 e. The smallest absolute Gasteiger partial charge is 0.0548 e. The average Bonchev–Trinajstić information content (AvgIpc) is 3.45. The summed E-state index contributed by atoms with van der Waals surface area (Å²) < 4.78 is 5.68. The predicted octanol–water partition coefficient (Wildman–Crippen LogP) is 11.1. The van der Waals surface area contributed by atoms with Crippen molar-refractivity contribution in [1.29, 1.82) is 0 Å². The van der Waals surface area contributed by atoms with Gasteiger partial charge in [0.05, 0.1) is 9.40 Å². The Morgan fingerprint density at radius 2 is 0.722 bits per heavy atom. The van der Waals surface area contributed by atoms with Gasteiger partial charge in [0, 0.05) is 20.2 Å². The Hall–Kier alpha value is -3.98. The second-order valence-corrected chi connectivity index (χ2v) is 12.2. The second kappa shape index (κ2) is 6.04. The lowest BCUT2D eigenvalue weighted by Crippen LogP contribution is -1.83. The maximum absolute atomic E-state index is 2.43. The third-order valence-corrected chi connectivity index (χ3v) is 10.7. The maximum Gasteiger partial charge on any atom is 0.0548 e. The fourth-order valence-corrected chi connectivity index (χ4v) is 9.69. The highest BCUT2D eigenvalue weighted by atomic mass is 32.1. The van der Waals surface area contributed by atoms with Crippen LogP contribution in [0, 0.1) is 0 Å². The number of hydrogen-bond acceptors (Lipinski definition) is 2. The number of benzene rings is 8. The topological polar surface area (TPSA) is 0 Å². The predicted molar refractivity (Wildman–Crippen MR) is 162 cm³/mol. The molecule has 164 valence electrons. The van der Waals surface area contributed by atoms with Crippen LogP contribution < -0.4 is 0 Å². The minimum atomic E-state index is 1.33. The molecule has 0 radical (unpaired) electrons. The van der Waals surface area contributed by atoms with Gasteiger partial charge in [0.25, 0.3) is 0 Å². The lowest BCUT2D eigenvalue weighted by Gasteiger charge is -2.11. The highest BCUT2D eigenvalue weighted by Crippen LogP contribution is 2.52. The van der Waals surface area contributed by atoms with Gasteiger partial charge in [-0.05, 0) is 76.8 Å². The van der Waals surface area contributed by atoms with E-state index in [2.05, 4.69) is 97.1 Å². The molecule has 0 atom stereocenters. The van der Waals surface area contributed by atoms with Gasteiger partial charge in [-0.25, -0.2) is 0 Å². The first-order valence-electron chi connectivity index (χ1n) is 12.4. The van der Waals surface area contributed by atoms with Gasteiger partial charge in [-0.1, -0.05) is 84.9 Å². The average molecular weight is 489 g/mol.